The summed E-state index contributed by atoms with van der Waals surface area (Å²) < 4.78 is 5.06. The molecule has 0 aliphatic carbocycles. The zero-order valence-corrected chi connectivity index (χ0v) is 14.0. The topological polar surface area (TPSA) is 62.7 Å². The summed E-state index contributed by atoms with van der Waals surface area (Å²) in [4.78, 5) is 32.0. The van der Waals surface area contributed by atoms with Crippen LogP contribution >= 0.6 is 0 Å². The van der Waals surface area contributed by atoms with Crippen molar-refractivity contribution in [3.05, 3.63) is 66.0 Å². The summed E-state index contributed by atoms with van der Waals surface area (Å²) in [6.07, 6.45) is 1.52. The molecule has 1 aromatic heterocycles. The molecule has 1 aromatic carbocycles. The fourth-order valence-corrected chi connectivity index (χ4v) is 2.77. The summed E-state index contributed by atoms with van der Waals surface area (Å²) in [5.41, 5.74) is 1.48. The van der Waals surface area contributed by atoms with E-state index in [0.29, 0.717) is 13.1 Å². The summed E-state index contributed by atoms with van der Waals surface area (Å²) in [6, 6.07) is 15.3. The molecule has 3 rings (SSSR count). The molecule has 0 atom stereocenters. The normalized spacial score (nSPS) is 15.0. The van der Waals surface area contributed by atoms with E-state index in [1.807, 2.05) is 18.2 Å². The first kappa shape index (κ1) is 17.1. The van der Waals surface area contributed by atoms with Crippen molar-refractivity contribution in [1.82, 2.24) is 14.8 Å². The second kappa shape index (κ2) is 8.39. The van der Waals surface area contributed by atoms with Gasteiger partial charge in [-0.05, 0) is 17.7 Å². The van der Waals surface area contributed by atoms with E-state index in [2.05, 4.69) is 22.0 Å². The average molecular weight is 339 g/mol. The molecule has 1 aliphatic rings. The third-order valence-electron chi connectivity index (χ3n) is 4.17. The molecule has 0 radical (unpaired) electrons. The Morgan fingerprint density at radius 1 is 0.960 bits per heavy atom. The lowest BCUT2D eigenvalue weighted by Gasteiger charge is -2.34. The second-order valence-electron chi connectivity index (χ2n) is 5.93. The third kappa shape index (κ3) is 4.87. The third-order valence-corrected chi connectivity index (χ3v) is 4.17. The predicted octanol–water partition coefficient (Wildman–Crippen LogP) is 1.58. The Hall–Kier alpha value is -2.73. The van der Waals surface area contributed by atoms with Gasteiger partial charge in [-0.2, -0.15) is 0 Å². The Morgan fingerprint density at radius 2 is 1.68 bits per heavy atom. The molecular weight excluding hydrogens is 318 g/mol. The molecule has 2 heterocycles. The number of hydrogen-bond donors (Lipinski definition) is 0. The van der Waals surface area contributed by atoms with Crippen LogP contribution in [0.2, 0.25) is 0 Å². The van der Waals surface area contributed by atoms with Crippen molar-refractivity contribution in [2.75, 3.05) is 32.8 Å². The van der Waals surface area contributed by atoms with Crippen LogP contribution in [0.3, 0.4) is 0 Å². The van der Waals surface area contributed by atoms with Crippen LogP contribution in [0.15, 0.2) is 54.7 Å². The number of amides is 1. The van der Waals surface area contributed by atoms with Crippen molar-refractivity contribution >= 4 is 11.9 Å². The van der Waals surface area contributed by atoms with E-state index in [0.717, 1.165) is 19.6 Å². The molecule has 0 N–H and O–H groups in total. The number of esters is 1. The average Bonchev–Trinajstić information content (AvgIpc) is 2.68. The second-order valence-corrected chi connectivity index (χ2v) is 5.93. The molecule has 130 valence electrons. The molecule has 0 spiro atoms. The summed E-state index contributed by atoms with van der Waals surface area (Å²) >= 11 is 0. The number of carbonyl (C=O) groups excluding carboxylic acids is 2. The Morgan fingerprint density at radius 3 is 2.36 bits per heavy atom. The van der Waals surface area contributed by atoms with Crippen LogP contribution in [0.1, 0.15) is 16.1 Å². The molecule has 1 amide bonds. The Bertz CT molecular complexity index is 698. The van der Waals surface area contributed by atoms with Crippen LogP contribution in [0.4, 0.5) is 0 Å². The Labute approximate surface area is 147 Å². The molecule has 2 aromatic rings. The van der Waals surface area contributed by atoms with Crippen LogP contribution in [-0.4, -0.2) is 59.4 Å². The maximum atomic E-state index is 12.2. The number of nitrogens with zero attached hydrogens (tertiary/aromatic N) is 3. The fraction of sp³-hybridized carbons (Fsp3) is 0.316. The van der Waals surface area contributed by atoms with Crippen LogP contribution in [0, 0.1) is 0 Å². The number of carbonyl (C=O) groups is 2. The van der Waals surface area contributed by atoms with E-state index in [4.69, 9.17) is 4.74 Å². The number of aromatic nitrogens is 1. The minimum absolute atomic E-state index is 0.163. The van der Waals surface area contributed by atoms with Crippen LogP contribution < -0.4 is 0 Å². The highest BCUT2D eigenvalue weighted by molar-refractivity contribution is 5.89. The standard InChI is InChI=1S/C19H21N3O3/c23-18(15-25-19(24)17-8-4-5-9-20-17)22-12-10-21(11-13-22)14-16-6-2-1-3-7-16/h1-9H,10-15H2. The van der Waals surface area contributed by atoms with E-state index in [-0.39, 0.29) is 18.2 Å². The van der Waals surface area contributed by atoms with E-state index in [1.54, 1.807) is 23.1 Å². The molecule has 0 saturated carbocycles. The zero-order valence-electron chi connectivity index (χ0n) is 14.0. The number of benzene rings is 1. The van der Waals surface area contributed by atoms with Crippen LogP contribution in [0.5, 0.6) is 0 Å². The lowest BCUT2D eigenvalue weighted by Crippen LogP contribution is -2.49. The molecule has 6 heteroatoms. The molecule has 1 saturated heterocycles. The maximum Gasteiger partial charge on any atom is 0.357 e. The van der Waals surface area contributed by atoms with Gasteiger partial charge >= 0.3 is 5.97 Å². The summed E-state index contributed by atoms with van der Waals surface area (Å²) in [5.74, 6) is -0.736. The van der Waals surface area contributed by atoms with Crippen molar-refractivity contribution in [1.29, 1.82) is 0 Å². The minimum atomic E-state index is -0.573. The van der Waals surface area contributed by atoms with Gasteiger partial charge in [-0.3, -0.25) is 9.69 Å². The van der Waals surface area contributed by atoms with Gasteiger partial charge in [-0.25, -0.2) is 9.78 Å². The lowest BCUT2D eigenvalue weighted by atomic mass is 10.2. The molecule has 6 nitrogen and oxygen atoms in total. The van der Waals surface area contributed by atoms with Crippen molar-refractivity contribution in [2.24, 2.45) is 0 Å². The van der Waals surface area contributed by atoms with Crippen LogP contribution in [0.25, 0.3) is 0 Å². The highest BCUT2D eigenvalue weighted by Gasteiger charge is 2.22. The molecule has 1 fully saturated rings. The predicted molar refractivity (Wildman–Crippen MR) is 92.8 cm³/mol. The minimum Gasteiger partial charge on any atom is -0.451 e. The van der Waals surface area contributed by atoms with Gasteiger partial charge in [0.05, 0.1) is 0 Å². The molecule has 1 aliphatic heterocycles. The Kier molecular flexibility index (Phi) is 5.74. The number of rotatable bonds is 5. The van der Waals surface area contributed by atoms with Crippen molar-refractivity contribution < 1.29 is 14.3 Å². The van der Waals surface area contributed by atoms with Crippen LogP contribution in [-0.2, 0) is 16.1 Å². The monoisotopic (exact) mass is 339 g/mol. The largest absolute Gasteiger partial charge is 0.451 e. The quantitative estimate of drug-likeness (QED) is 0.774. The van der Waals surface area contributed by atoms with Crippen molar-refractivity contribution in [2.45, 2.75) is 6.54 Å². The van der Waals surface area contributed by atoms with E-state index in [9.17, 15) is 9.59 Å². The van der Waals surface area contributed by atoms with Gasteiger partial charge in [0.15, 0.2) is 6.61 Å². The van der Waals surface area contributed by atoms with Crippen molar-refractivity contribution in [3.63, 3.8) is 0 Å². The lowest BCUT2D eigenvalue weighted by molar-refractivity contribution is -0.136. The van der Waals surface area contributed by atoms with Gasteiger partial charge in [0.1, 0.15) is 5.69 Å². The first-order valence-corrected chi connectivity index (χ1v) is 8.34. The fourth-order valence-electron chi connectivity index (χ4n) is 2.77. The smallest absolute Gasteiger partial charge is 0.357 e. The summed E-state index contributed by atoms with van der Waals surface area (Å²) in [5, 5.41) is 0. The van der Waals surface area contributed by atoms with Gasteiger partial charge < -0.3 is 9.64 Å². The van der Waals surface area contributed by atoms with Gasteiger partial charge in [-0.15, -0.1) is 0 Å². The van der Waals surface area contributed by atoms with Crippen molar-refractivity contribution in [3.8, 4) is 0 Å². The number of piperazine rings is 1. The first-order valence-electron chi connectivity index (χ1n) is 8.34. The van der Waals surface area contributed by atoms with Gasteiger partial charge in [0.2, 0.25) is 0 Å². The number of pyridine rings is 1. The summed E-state index contributed by atoms with van der Waals surface area (Å²) in [7, 11) is 0. The first-order chi connectivity index (χ1) is 12.2. The van der Waals surface area contributed by atoms with Gasteiger partial charge in [-0.1, -0.05) is 36.4 Å². The van der Waals surface area contributed by atoms with Gasteiger partial charge in [0.25, 0.3) is 5.91 Å². The molecule has 0 bridgehead atoms. The van der Waals surface area contributed by atoms with E-state index in [1.165, 1.54) is 11.8 Å². The number of hydrogen-bond acceptors (Lipinski definition) is 5. The van der Waals surface area contributed by atoms with E-state index >= 15 is 0 Å². The van der Waals surface area contributed by atoms with Gasteiger partial charge in [0, 0.05) is 38.9 Å². The maximum absolute atomic E-state index is 12.2. The zero-order chi connectivity index (χ0) is 17.5. The molecular formula is C19H21N3O3. The summed E-state index contributed by atoms with van der Waals surface area (Å²) in [6.45, 7) is 3.56. The van der Waals surface area contributed by atoms with E-state index < -0.39 is 5.97 Å². The highest BCUT2D eigenvalue weighted by Crippen LogP contribution is 2.09. The SMILES string of the molecule is O=C(OCC(=O)N1CCN(Cc2ccccc2)CC1)c1ccccn1. The highest BCUT2D eigenvalue weighted by atomic mass is 16.5. The molecule has 25 heavy (non-hydrogen) atoms. The number of ether oxygens (including phenoxy) is 1. The Balaban J connectivity index is 1.42. The molecule has 0 unspecified atom stereocenters.